The summed E-state index contributed by atoms with van der Waals surface area (Å²) < 4.78 is 5.42. The van der Waals surface area contributed by atoms with E-state index in [-0.39, 0.29) is 18.9 Å². The van der Waals surface area contributed by atoms with Crippen LogP contribution in [0.1, 0.15) is 43.7 Å². The number of carbonyl (C=O) groups is 2. The minimum Gasteiger partial charge on any atom is -0.460 e. The molecule has 1 fully saturated rings. The molecule has 1 amide bonds. The molecule has 1 saturated heterocycles. The predicted octanol–water partition coefficient (Wildman–Crippen LogP) is 5.60. The highest BCUT2D eigenvalue weighted by molar-refractivity contribution is 6.35. The molecule has 0 aromatic heterocycles. The van der Waals surface area contributed by atoms with E-state index in [0.29, 0.717) is 28.1 Å². The Morgan fingerprint density at radius 3 is 2.54 bits per heavy atom. The van der Waals surface area contributed by atoms with Crippen molar-refractivity contribution < 1.29 is 14.3 Å². The van der Waals surface area contributed by atoms with Gasteiger partial charge in [-0.2, -0.15) is 0 Å². The lowest BCUT2D eigenvalue weighted by Crippen LogP contribution is -2.27. The monoisotopic (exact) mass is 419 g/mol. The van der Waals surface area contributed by atoms with Gasteiger partial charge >= 0.3 is 5.97 Å². The first kappa shape index (κ1) is 20.7. The summed E-state index contributed by atoms with van der Waals surface area (Å²) in [5.41, 5.74) is 2.57. The van der Waals surface area contributed by atoms with Crippen LogP contribution in [0.15, 0.2) is 42.5 Å². The van der Waals surface area contributed by atoms with Crippen molar-refractivity contribution in [2.24, 2.45) is 5.92 Å². The Labute approximate surface area is 175 Å². The summed E-state index contributed by atoms with van der Waals surface area (Å²) in [5, 5.41) is 0.902. The van der Waals surface area contributed by atoms with Gasteiger partial charge in [0.1, 0.15) is 6.61 Å². The van der Waals surface area contributed by atoms with Gasteiger partial charge in [-0.1, -0.05) is 61.3 Å². The molecule has 4 nitrogen and oxygen atoms in total. The summed E-state index contributed by atoms with van der Waals surface area (Å²) in [6.45, 7) is 4.57. The lowest BCUT2D eigenvalue weighted by atomic mass is 9.96. The highest BCUT2D eigenvalue weighted by atomic mass is 35.5. The van der Waals surface area contributed by atoms with Crippen LogP contribution in [-0.4, -0.2) is 18.4 Å². The molecule has 0 unspecified atom stereocenters. The molecule has 1 aliphatic heterocycles. The van der Waals surface area contributed by atoms with Gasteiger partial charge in [-0.3, -0.25) is 9.59 Å². The first-order chi connectivity index (χ1) is 13.4. The van der Waals surface area contributed by atoms with Crippen molar-refractivity contribution in [3.8, 4) is 0 Å². The summed E-state index contributed by atoms with van der Waals surface area (Å²) in [6, 6.07) is 13.0. The zero-order valence-corrected chi connectivity index (χ0v) is 17.5. The number of hydrogen-bond acceptors (Lipinski definition) is 3. The van der Waals surface area contributed by atoms with Gasteiger partial charge in [0.25, 0.3) is 0 Å². The van der Waals surface area contributed by atoms with Crippen molar-refractivity contribution in [2.45, 2.75) is 39.2 Å². The van der Waals surface area contributed by atoms with E-state index in [1.807, 2.05) is 24.3 Å². The number of amides is 1. The fourth-order valence-corrected chi connectivity index (χ4v) is 3.91. The molecule has 0 radical (unpaired) electrons. The molecule has 148 valence electrons. The second-order valence-corrected chi connectivity index (χ2v) is 7.90. The fourth-order valence-electron chi connectivity index (χ4n) is 3.40. The Kier molecular flexibility index (Phi) is 6.63. The van der Waals surface area contributed by atoms with E-state index in [1.165, 1.54) is 0 Å². The highest BCUT2D eigenvalue weighted by Crippen LogP contribution is 2.34. The third-order valence-corrected chi connectivity index (χ3v) is 5.96. The quantitative estimate of drug-likeness (QED) is 0.572. The molecule has 2 aromatic carbocycles. The Morgan fingerprint density at radius 1 is 1.18 bits per heavy atom. The Bertz CT molecular complexity index is 864. The van der Waals surface area contributed by atoms with Gasteiger partial charge in [-0.05, 0) is 36.1 Å². The molecule has 0 saturated carbocycles. The number of para-hydroxylation sites is 1. The lowest BCUT2D eigenvalue weighted by molar-refractivity contribution is -0.149. The summed E-state index contributed by atoms with van der Waals surface area (Å²) in [7, 11) is 0. The van der Waals surface area contributed by atoms with Gasteiger partial charge in [-0.25, -0.2) is 0 Å². The van der Waals surface area contributed by atoms with Crippen molar-refractivity contribution in [3.05, 3.63) is 63.6 Å². The first-order valence-corrected chi connectivity index (χ1v) is 10.2. The molecule has 0 bridgehead atoms. The van der Waals surface area contributed by atoms with Gasteiger partial charge in [-0.15, -0.1) is 0 Å². The van der Waals surface area contributed by atoms with Crippen LogP contribution in [0, 0.1) is 5.92 Å². The average Bonchev–Trinajstić information content (AvgIpc) is 3.08. The molecule has 0 N–H and O–H groups in total. The number of ether oxygens (including phenoxy) is 1. The Morgan fingerprint density at radius 2 is 1.86 bits per heavy atom. The third-order valence-electron chi connectivity index (χ3n) is 5.25. The Hall–Kier alpha value is -2.04. The molecule has 2 aromatic rings. The van der Waals surface area contributed by atoms with E-state index in [1.54, 1.807) is 23.1 Å². The van der Waals surface area contributed by atoms with Gasteiger partial charge in [0.2, 0.25) is 5.91 Å². The van der Waals surface area contributed by atoms with Gasteiger partial charge in [0, 0.05) is 34.3 Å². The number of carbonyl (C=O) groups excluding carboxylic acids is 2. The molecule has 3 rings (SSSR count). The molecular formula is C22H23Cl2NO3. The summed E-state index contributed by atoms with van der Waals surface area (Å²) >= 11 is 12.2. The van der Waals surface area contributed by atoms with Crippen molar-refractivity contribution in [1.29, 1.82) is 0 Å². The number of nitrogens with zero attached hydrogens (tertiary/aromatic N) is 1. The zero-order chi connectivity index (χ0) is 20.3. The predicted molar refractivity (Wildman–Crippen MR) is 112 cm³/mol. The van der Waals surface area contributed by atoms with Gasteiger partial charge in [0.15, 0.2) is 0 Å². The van der Waals surface area contributed by atoms with Crippen LogP contribution in [0.4, 0.5) is 5.69 Å². The van der Waals surface area contributed by atoms with E-state index in [9.17, 15) is 9.59 Å². The largest absolute Gasteiger partial charge is 0.460 e. The third kappa shape index (κ3) is 4.34. The van der Waals surface area contributed by atoms with E-state index >= 15 is 0 Å². The molecular weight excluding hydrogens is 397 g/mol. The standard InChI is InChI=1S/C22H23Cl2NO3/c1-3-14(2)16-7-4-5-10-20(16)25-12-15(11-21(25)26)22(27)28-13-17-18(23)8-6-9-19(17)24/h4-10,14-15H,3,11-13H2,1-2H3/t14-,15-/m1/s1. The molecule has 2 atom stereocenters. The van der Waals surface area contributed by atoms with E-state index in [0.717, 1.165) is 17.7 Å². The maximum Gasteiger partial charge on any atom is 0.311 e. The van der Waals surface area contributed by atoms with Crippen LogP contribution in [0.3, 0.4) is 0 Å². The number of benzene rings is 2. The molecule has 1 heterocycles. The average molecular weight is 420 g/mol. The maximum absolute atomic E-state index is 12.6. The van der Waals surface area contributed by atoms with Crippen molar-refractivity contribution in [3.63, 3.8) is 0 Å². The minimum absolute atomic E-state index is 0.00845. The SMILES string of the molecule is CC[C@@H](C)c1ccccc1N1C[C@H](C(=O)OCc2c(Cl)cccc2Cl)CC1=O. The topological polar surface area (TPSA) is 46.6 Å². The van der Waals surface area contributed by atoms with Crippen LogP contribution in [0.25, 0.3) is 0 Å². The van der Waals surface area contributed by atoms with Crippen molar-refractivity contribution >= 4 is 40.8 Å². The molecule has 0 spiro atoms. The first-order valence-electron chi connectivity index (χ1n) is 9.41. The summed E-state index contributed by atoms with van der Waals surface area (Å²) in [4.78, 5) is 26.9. The number of anilines is 1. The maximum atomic E-state index is 12.6. The van der Waals surface area contributed by atoms with Crippen molar-refractivity contribution in [2.75, 3.05) is 11.4 Å². The van der Waals surface area contributed by atoms with Crippen LogP contribution in [0.5, 0.6) is 0 Å². The smallest absolute Gasteiger partial charge is 0.311 e. The minimum atomic E-state index is -0.501. The molecule has 6 heteroatoms. The Balaban J connectivity index is 1.70. The van der Waals surface area contributed by atoms with E-state index in [2.05, 4.69) is 13.8 Å². The van der Waals surface area contributed by atoms with Gasteiger partial charge < -0.3 is 9.64 Å². The number of esters is 1. The van der Waals surface area contributed by atoms with Gasteiger partial charge in [0.05, 0.1) is 5.92 Å². The van der Waals surface area contributed by atoms with Crippen LogP contribution >= 0.6 is 23.2 Å². The molecule has 0 aliphatic carbocycles. The number of rotatable bonds is 6. The summed E-state index contributed by atoms with van der Waals surface area (Å²) in [6.07, 6.45) is 1.12. The second-order valence-electron chi connectivity index (χ2n) is 7.08. The zero-order valence-electron chi connectivity index (χ0n) is 16.0. The van der Waals surface area contributed by atoms with Crippen LogP contribution < -0.4 is 4.90 Å². The summed E-state index contributed by atoms with van der Waals surface area (Å²) in [5.74, 6) is -0.641. The normalized spacial score (nSPS) is 17.6. The van der Waals surface area contributed by atoms with E-state index in [4.69, 9.17) is 27.9 Å². The van der Waals surface area contributed by atoms with Crippen molar-refractivity contribution in [1.82, 2.24) is 0 Å². The molecule has 28 heavy (non-hydrogen) atoms. The van der Waals surface area contributed by atoms with Crippen LogP contribution in [-0.2, 0) is 20.9 Å². The highest BCUT2D eigenvalue weighted by Gasteiger charge is 2.37. The lowest BCUT2D eigenvalue weighted by Gasteiger charge is -2.23. The number of halogens is 2. The van der Waals surface area contributed by atoms with Crippen LogP contribution in [0.2, 0.25) is 10.0 Å². The molecule has 1 aliphatic rings. The fraction of sp³-hybridized carbons (Fsp3) is 0.364. The second kappa shape index (κ2) is 8.97. The number of hydrogen-bond donors (Lipinski definition) is 0. The van der Waals surface area contributed by atoms with E-state index < -0.39 is 11.9 Å².